The van der Waals surface area contributed by atoms with Gasteiger partial charge in [0.25, 0.3) is 5.56 Å². The highest BCUT2D eigenvalue weighted by Gasteiger charge is 2.36. The molecule has 2 aromatic heterocycles. The van der Waals surface area contributed by atoms with Crippen molar-refractivity contribution < 1.29 is 18.0 Å². The fourth-order valence-electron chi connectivity index (χ4n) is 2.96. The number of aromatic nitrogens is 2. The number of aromatic amines is 1. The summed E-state index contributed by atoms with van der Waals surface area (Å²) in [6.45, 7) is 4.17. The summed E-state index contributed by atoms with van der Waals surface area (Å²) >= 11 is 0. The average molecular weight is 366 g/mol. The van der Waals surface area contributed by atoms with Crippen LogP contribution < -0.4 is 15.4 Å². The first kappa shape index (κ1) is 18.0. The molecule has 0 radical (unpaired) electrons. The summed E-state index contributed by atoms with van der Waals surface area (Å²) in [6.07, 6.45) is -2.07. The van der Waals surface area contributed by atoms with Gasteiger partial charge in [0.05, 0.1) is 0 Å². The van der Waals surface area contributed by atoms with Crippen molar-refractivity contribution in [2.75, 3.05) is 22.9 Å². The van der Waals surface area contributed by atoms with Crippen molar-refractivity contribution in [1.29, 1.82) is 0 Å². The third-order valence-corrected chi connectivity index (χ3v) is 4.21. The minimum Gasteiger partial charge on any atom is -0.327 e. The van der Waals surface area contributed by atoms with E-state index in [2.05, 4.69) is 9.97 Å². The Morgan fingerprint density at radius 2 is 1.85 bits per heavy atom. The number of hydrogen-bond donors (Lipinski definition) is 1. The van der Waals surface area contributed by atoms with Crippen molar-refractivity contribution in [3.63, 3.8) is 0 Å². The Labute approximate surface area is 147 Å². The van der Waals surface area contributed by atoms with Crippen molar-refractivity contribution >= 4 is 17.4 Å². The molecule has 0 saturated carbocycles. The summed E-state index contributed by atoms with van der Waals surface area (Å²) in [5.41, 5.74) is -0.438. The van der Waals surface area contributed by atoms with Crippen LogP contribution in [0.15, 0.2) is 35.4 Å². The molecule has 2 amide bonds. The van der Waals surface area contributed by atoms with Crippen molar-refractivity contribution in [2.45, 2.75) is 25.9 Å². The van der Waals surface area contributed by atoms with Crippen molar-refractivity contribution in [2.24, 2.45) is 0 Å². The number of carbonyl (C=O) groups excluding carboxylic acids is 1. The first-order valence-corrected chi connectivity index (χ1v) is 8.04. The van der Waals surface area contributed by atoms with Crippen molar-refractivity contribution in [3.8, 4) is 0 Å². The molecule has 2 aromatic rings. The molecule has 9 heteroatoms. The van der Waals surface area contributed by atoms with E-state index in [1.54, 1.807) is 6.07 Å². The van der Waals surface area contributed by atoms with Crippen molar-refractivity contribution in [3.05, 3.63) is 52.2 Å². The summed E-state index contributed by atoms with van der Waals surface area (Å²) in [5, 5.41) is 0. The highest BCUT2D eigenvalue weighted by Crippen LogP contribution is 2.32. The fourth-order valence-corrected chi connectivity index (χ4v) is 2.96. The maximum absolute atomic E-state index is 12.9. The normalized spacial score (nSPS) is 15.2. The zero-order valence-corrected chi connectivity index (χ0v) is 14.2. The molecule has 0 atom stereocenters. The standard InChI is InChI=1S/C17H17F3N4O2/c1-10(2)12-4-6-22-15(25)14(12)24-8-7-23(16(24)26)11-3-5-21-13(9-11)17(18,19)20/h3-6,9-10H,7-8H2,1-2H3,(H,22,25). The van der Waals surface area contributed by atoms with Gasteiger partial charge in [-0.1, -0.05) is 13.8 Å². The smallest absolute Gasteiger partial charge is 0.327 e. The Morgan fingerprint density at radius 1 is 1.15 bits per heavy atom. The third kappa shape index (κ3) is 3.16. The lowest BCUT2D eigenvalue weighted by Crippen LogP contribution is -2.36. The number of alkyl halides is 3. The highest BCUT2D eigenvalue weighted by molar-refractivity contribution is 6.06. The Kier molecular flexibility index (Phi) is 4.47. The lowest BCUT2D eigenvalue weighted by molar-refractivity contribution is -0.141. The number of halogens is 3. The van der Waals surface area contributed by atoms with E-state index >= 15 is 0 Å². The van der Waals surface area contributed by atoms with E-state index in [1.165, 1.54) is 22.1 Å². The molecule has 1 saturated heterocycles. The quantitative estimate of drug-likeness (QED) is 0.906. The molecule has 138 valence electrons. The second kappa shape index (κ2) is 6.47. The van der Waals surface area contributed by atoms with E-state index in [0.717, 1.165) is 12.3 Å². The Morgan fingerprint density at radius 3 is 2.50 bits per heavy atom. The number of carbonyl (C=O) groups is 1. The number of urea groups is 1. The minimum absolute atomic E-state index is 0.00640. The Bertz CT molecular complexity index is 892. The van der Waals surface area contributed by atoms with Crippen LogP contribution in [-0.4, -0.2) is 29.1 Å². The lowest BCUT2D eigenvalue weighted by atomic mass is 10.0. The van der Waals surface area contributed by atoms with E-state index in [9.17, 15) is 22.8 Å². The average Bonchev–Trinajstić information content (AvgIpc) is 2.95. The van der Waals surface area contributed by atoms with E-state index in [-0.39, 0.29) is 30.4 Å². The maximum Gasteiger partial charge on any atom is 0.433 e. The van der Waals surface area contributed by atoms with Gasteiger partial charge in [-0.25, -0.2) is 4.79 Å². The van der Waals surface area contributed by atoms with Crippen LogP contribution in [0.25, 0.3) is 0 Å². The molecule has 3 rings (SSSR count). The monoisotopic (exact) mass is 366 g/mol. The van der Waals surface area contributed by atoms with Gasteiger partial charge in [-0.15, -0.1) is 0 Å². The van der Waals surface area contributed by atoms with E-state index < -0.39 is 23.5 Å². The van der Waals surface area contributed by atoms with Crippen molar-refractivity contribution in [1.82, 2.24) is 9.97 Å². The topological polar surface area (TPSA) is 69.3 Å². The summed E-state index contributed by atoms with van der Waals surface area (Å²) < 4.78 is 38.6. The molecule has 1 fully saturated rings. The summed E-state index contributed by atoms with van der Waals surface area (Å²) in [4.78, 5) is 33.4. The Balaban J connectivity index is 1.97. The summed E-state index contributed by atoms with van der Waals surface area (Å²) in [6, 6.07) is 3.36. The number of rotatable bonds is 3. The molecule has 0 bridgehead atoms. The molecule has 6 nitrogen and oxygen atoms in total. The van der Waals surface area contributed by atoms with Gasteiger partial charge in [0.15, 0.2) is 0 Å². The molecule has 0 spiro atoms. The number of nitrogens with one attached hydrogen (secondary N) is 1. The van der Waals surface area contributed by atoms with Crippen LogP contribution in [0.1, 0.15) is 31.0 Å². The molecule has 1 N–H and O–H groups in total. The molecule has 26 heavy (non-hydrogen) atoms. The largest absolute Gasteiger partial charge is 0.433 e. The molecule has 0 unspecified atom stereocenters. The first-order chi connectivity index (χ1) is 12.2. The van der Waals surface area contributed by atoms with Gasteiger partial charge in [0.2, 0.25) is 0 Å². The number of amides is 2. The van der Waals surface area contributed by atoms with Gasteiger partial charge in [-0.05, 0) is 29.7 Å². The van der Waals surface area contributed by atoms with Crippen LogP contribution in [0.2, 0.25) is 0 Å². The molecular formula is C17H17F3N4O2. The maximum atomic E-state index is 12.9. The highest BCUT2D eigenvalue weighted by atomic mass is 19.4. The van der Waals surface area contributed by atoms with Crippen LogP contribution in [0, 0.1) is 0 Å². The molecule has 0 aliphatic carbocycles. The third-order valence-electron chi connectivity index (χ3n) is 4.21. The van der Waals surface area contributed by atoms with Gasteiger partial charge in [-0.2, -0.15) is 13.2 Å². The van der Waals surface area contributed by atoms with Crippen LogP contribution in [0.5, 0.6) is 0 Å². The van der Waals surface area contributed by atoms with Gasteiger partial charge >= 0.3 is 12.2 Å². The zero-order chi connectivity index (χ0) is 19.1. The predicted octanol–water partition coefficient (Wildman–Crippen LogP) is 3.36. The number of pyridine rings is 2. The van der Waals surface area contributed by atoms with Crippen LogP contribution in [0.3, 0.4) is 0 Å². The first-order valence-electron chi connectivity index (χ1n) is 8.04. The van der Waals surface area contributed by atoms with Crippen LogP contribution >= 0.6 is 0 Å². The van der Waals surface area contributed by atoms with Gasteiger partial charge in [0.1, 0.15) is 11.4 Å². The van der Waals surface area contributed by atoms with Gasteiger partial charge in [0, 0.05) is 31.2 Å². The molecule has 0 aromatic carbocycles. The second-order valence-corrected chi connectivity index (χ2v) is 6.25. The summed E-state index contributed by atoms with van der Waals surface area (Å²) in [5.74, 6) is 0.00640. The van der Waals surface area contributed by atoms with E-state index in [1.807, 2.05) is 13.8 Å². The molecule has 1 aliphatic heterocycles. The molecule has 3 heterocycles. The fraction of sp³-hybridized carbons (Fsp3) is 0.353. The van der Waals surface area contributed by atoms with E-state index in [4.69, 9.17) is 0 Å². The van der Waals surface area contributed by atoms with E-state index in [0.29, 0.717) is 5.56 Å². The SMILES string of the molecule is CC(C)c1cc[nH]c(=O)c1N1CCN(c2ccnc(C(F)(F)F)c2)C1=O. The molecule has 1 aliphatic rings. The number of hydrogen-bond acceptors (Lipinski definition) is 3. The van der Waals surface area contributed by atoms with Gasteiger partial charge < -0.3 is 4.98 Å². The number of nitrogens with zero attached hydrogens (tertiary/aromatic N) is 3. The summed E-state index contributed by atoms with van der Waals surface area (Å²) in [7, 11) is 0. The van der Waals surface area contributed by atoms with Gasteiger partial charge in [-0.3, -0.25) is 19.6 Å². The predicted molar refractivity (Wildman–Crippen MR) is 90.5 cm³/mol. The minimum atomic E-state index is -4.60. The lowest BCUT2D eigenvalue weighted by Gasteiger charge is -2.21. The number of anilines is 2. The van der Waals surface area contributed by atoms with Crippen LogP contribution in [-0.2, 0) is 6.18 Å². The second-order valence-electron chi connectivity index (χ2n) is 6.25. The molecular weight excluding hydrogens is 349 g/mol. The zero-order valence-electron chi connectivity index (χ0n) is 14.2. The number of H-pyrrole nitrogens is 1. The Hall–Kier alpha value is -2.84. The van der Waals surface area contributed by atoms with Crippen LogP contribution in [0.4, 0.5) is 29.3 Å².